The van der Waals surface area contributed by atoms with Crippen molar-refractivity contribution in [2.45, 2.75) is 51.5 Å². The van der Waals surface area contributed by atoms with Crippen LogP contribution < -0.4 is 10.6 Å². The summed E-state index contributed by atoms with van der Waals surface area (Å²) in [4.78, 5) is 12.0. The van der Waals surface area contributed by atoms with E-state index in [4.69, 9.17) is 0 Å². The molecule has 0 saturated carbocycles. The van der Waals surface area contributed by atoms with Gasteiger partial charge in [0.25, 0.3) is 0 Å². The Hall–Kier alpha value is -0.850. The SMILES string of the molecule is CCC1CCCCN1CCNC(=NC)NCCCCN1CCN(C)CC1. The predicted octanol–water partition coefficient (Wildman–Crippen LogP) is 1.44. The van der Waals surface area contributed by atoms with Gasteiger partial charge >= 0.3 is 0 Å². The Morgan fingerprint density at radius 3 is 2.46 bits per heavy atom. The largest absolute Gasteiger partial charge is 0.356 e. The highest BCUT2D eigenvalue weighted by molar-refractivity contribution is 5.79. The number of rotatable bonds is 9. The van der Waals surface area contributed by atoms with Gasteiger partial charge in [-0.1, -0.05) is 13.3 Å². The smallest absolute Gasteiger partial charge is 0.191 e. The number of guanidine groups is 1. The van der Waals surface area contributed by atoms with Gasteiger partial charge in [0.1, 0.15) is 0 Å². The van der Waals surface area contributed by atoms with Gasteiger partial charge in [-0.15, -0.1) is 0 Å². The van der Waals surface area contributed by atoms with E-state index in [1.807, 2.05) is 7.05 Å². The van der Waals surface area contributed by atoms with Crippen LogP contribution in [0.15, 0.2) is 4.99 Å². The van der Waals surface area contributed by atoms with Gasteiger partial charge in [0, 0.05) is 58.9 Å². The number of likely N-dealkylation sites (tertiary alicyclic amines) is 1. The summed E-state index contributed by atoms with van der Waals surface area (Å²) < 4.78 is 0. The van der Waals surface area contributed by atoms with Gasteiger partial charge in [0.05, 0.1) is 0 Å². The molecule has 2 rings (SSSR count). The Labute approximate surface area is 161 Å². The summed E-state index contributed by atoms with van der Waals surface area (Å²) in [6.45, 7) is 12.8. The van der Waals surface area contributed by atoms with Crippen molar-refractivity contribution in [3.05, 3.63) is 0 Å². The van der Waals surface area contributed by atoms with E-state index in [1.54, 1.807) is 0 Å². The molecule has 0 aromatic rings. The molecule has 2 heterocycles. The molecule has 0 radical (unpaired) electrons. The zero-order valence-electron chi connectivity index (χ0n) is 17.5. The fraction of sp³-hybridized carbons (Fsp3) is 0.950. The third-order valence-corrected chi connectivity index (χ3v) is 5.92. The highest BCUT2D eigenvalue weighted by Gasteiger charge is 2.20. The molecule has 6 heteroatoms. The number of hydrogen-bond donors (Lipinski definition) is 2. The van der Waals surface area contributed by atoms with Gasteiger partial charge < -0.3 is 20.4 Å². The van der Waals surface area contributed by atoms with Crippen LogP contribution in [0.4, 0.5) is 0 Å². The molecule has 0 aromatic carbocycles. The highest BCUT2D eigenvalue weighted by atomic mass is 15.2. The van der Waals surface area contributed by atoms with Crippen molar-refractivity contribution in [2.75, 3.05) is 73.0 Å². The lowest BCUT2D eigenvalue weighted by molar-refractivity contribution is 0.147. The molecule has 2 aliphatic heterocycles. The first-order chi connectivity index (χ1) is 12.7. The summed E-state index contributed by atoms with van der Waals surface area (Å²) in [6, 6.07) is 0.787. The summed E-state index contributed by atoms with van der Waals surface area (Å²) in [5.41, 5.74) is 0. The average molecular weight is 367 g/mol. The normalized spacial score (nSPS) is 24.0. The molecule has 2 fully saturated rings. The second-order valence-corrected chi connectivity index (χ2v) is 7.87. The minimum Gasteiger partial charge on any atom is -0.356 e. The molecule has 152 valence electrons. The predicted molar refractivity (Wildman–Crippen MR) is 112 cm³/mol. The first-order valence-electron chi connectivity index (χ1n) is 10.8. The van der Waals surface area contributed by atoms with Gasteiger partial charge in [-0.05, 0) is 52.2 Å². The van der Waals surface area contributed by atoms with Crippen molar-refractivity contribution in [1.82, 2.24) is 25.3 Å². The van der Waals surface area contributed by atoms with Crippen molar-refractivity contribution >= 4 is 5.96 Å². The maximum Gasteiger partial charge on any atom is 0.191 e. The minimum absolute atomic E-state index is 0.787. The van der Waals surface area contributed by atoms with Crippen LogP contribution in [0.3, 0.4) is 0 Å². The zero-order valence-corrected chi connectivity index (χ0v) is 17.5. The third kappa shape index (κ3) is 7.80. The van der Waals surface area contributed by atoms with Crippen LogP contribution in [0.5, 0.6) is 0 Å². The first-order valence-corrected chi connectivity index (χ1v) is 10.8. The van der Waals surface area contributed by atoms with Crippen LogP contribution in [0, 0.1) is 0 Å². The van der Waals surface area contributed by atoms with Crippen molar-refractivity contribution in [3.63, 3.8) is 0 Å². The topological polar surface area (TPSA) is 46.1 Å². The van der Waals surface area contributed by atoms with Crippen LogP contribution in [0.1, 0.15) is 45.4 Å². The average Bonchev–Trinajstić information content (AvgIpc) is 2.68. The Balaban J connectivity index is 1.51. The molecule has 0 amide bonds. The molecule has 0 aliphatic carbocycles. The van der Waals surface area contributed by atoms with Crippen molar-refractivity contribution in [2.24, 2.45) is 4.99 Å². The quantitative estimate of drug-likeness (QED) is 0.367. The molecule has 1 atom stereocenters. The van der Waals surface area contributed by atoms with Crippen molar-refractivity contribution in [3.8, 4) is 0 Å². The van der Waals surface area contributed by atoms with Crippen LogP contribution in [0.25, 0.3) is 0 Å². The minimum atomic E-state index is 0.787. The highest BCUT2D eigenvalue weighted by Crippen LogP contribution is 2.18. The van der Waals surface area contributed by atoms with Crippen LogP contribution >= 0.6 is 0 Å². The molecule has 1 unspecified atom stereocenters. The molecule has 6 nitrogen and oxygen atoms in total. The fourth-order valence-corrected chi connectivity index (χ4v) is 4.09. The number of unbranched alkanes of at least 4 members (excludes halogenated alkanes) is 1. The lowest BCUT2D eigenvalue weighted by Gasteiger charge is -2.35. The molecule has 26 heavy (non-hydrogen) atoms. The molecule has 0 aromatic heterocycles. The Morgan fingerprint density at radius 2 is 1.73 bits per heavy atom. The Morgan fingerprint density at radius 1 is 0.962 bits per heavy atom. The first kappa shape index (κ1) is 21.5. The fourth-order valence-electron chi connectivity index (χ4n) is 4.09. The van der Waals surface area contributed by atoms with E-state index in [1.165, 1.54) is 77.8 Å². The summed E-state index contributed by atoms with van der Waals surface area (Å²) in [6.07, 6.45) is 7.88. The summed E-state index contributed by atoms with van der Waals surface area (Å²) in [5, 5.41) is 6.96. The molecular formula is C20H42N6. The van der Waals surface area contributed by atoms with Gasteiger partial charge in [0.2, 0.25) is 0 Å². The second kappa shape index (κ2) is 12.5. The molecule has 0 spiro atoms. The van der Waals surface area contributed by atoms with Crippen molar-refractivity contribution < 1.29 is 0 Å². The van der Waals surface area contributed by atoms with E-state index in [0.717, 1.165) is 31.6 Å². The van der Waals surface area contributed by atoms with E-state index in [2.05, 4.69) is 44.3 Å². The standard InChI is InChI=1S/C20H42N6/c1-4-19-9-5-7-13-26(19)14-11-23-20(21-2)22-10-6-8-12-25-17-15-24(3)16-18-25/h19H,4-18H2,1-3H3,(H2,21,22,23). The maximum absolute atomic E-state index is 4.37. The lowest BCUT2D eigenvalue weighted by Crippen LogP contribution is -2.46. The van der Waals surface area contributed by atoms with Crippen LogP contribution in [0.2, 0.25) is 0 Å². The van der Waals surface area contributed by atoms with Gasteiger partial charge in [0.15, 0.2) is 5.96 Å². The molecule has 2 aliphatic rings. The summed E-state index contributed by atoms with van der Waals surface area (Å²) in [5.74, 6) is 0.953. The van der Waals surface area contributed by atoms with Crippen molar-refractivity contribution in [1.29, 1.82) is 0 Å². The maximum atomic E-state index is 4.37. The number of piperazine rings is 1. The van der Waals surface area contributed by atoms with Crippen LogP contribution in [-0.2, 0) is 0 Å². The van der Waals surface area contributed by atoms with Gasteiger partial charge in [-0.25, -0.2) is 0 Å². The second-order valence-electron chi connectivity index (χ2n) is 7.87. The van der Waals surface area contributed by atoms with Gasteiger partial charge in [-0.3, -0.25) is 9.89 Å². The number of hydrogen-bond acceptors (Lipinski definition) is 4. The zero-order chi connectivity index (χ0) is 18.6. The van der Waals surface area contributed by atoms with E-state index in [9.17, 15) is 0 Å². The third-order valence-electron chi connectivity index (χ3n) is 5.92. The summed E-state index contributed by atoms with van der Waals surface area (Å²) >= 11 is 0. The molecular weight excluding hydrogens is 324 g/mol. The number of aliphatic imine (C=N–C) groups is 1. The van der Waals surface area contributed by atoms with Crippen LogP contribution in [-0.4, -0.2) is 99.7 Å². The monoisotopic (exact) mass is 366 g/mol. The lowest BCUT2D eigenvalue weighted by atomic mass is 10.0. The van der Waals surface area contributed by atoms with E-state index >= 15 is 0 Å². The molecule has 2 N–H and O–H groups in total. The van der Waals surface area contributed by atoms with E-state index in [0.29, 0.717) is 0 Å². The van der Waals surface area contributed by atoms with E-state index < -0.39 is 0 Å². The molecule has 0 bridgehead atoms. The number of piperidine rings is 1. The summed E-state index contributed by atoms with van der Waals surface area (Å²) in [7, 11) is 4.09. The van der Waals surface area contributed by atoms with Gasteiger partial charge in [-0.2, -0.15) is 0 Å². The number of nitrogens with zero attached hydrogens (tertiary/aromatic N) is 4. The Bertz CT molecular complexity index is 392. The molecule has 2 saturated heterocycles. The van der Waals surface area contributed by atoms with E-state index in [-0.39, 0.29) is 0 Å². The number of nitrogens with one attached hydrogen (secondary N) is 2. The Kier molecular flexibility index (Phi) is 10.3. The number of likely N-dealkylation sites (N-methyl/N-ethyl adjacent to an activating group) is 1.